The van der Waals surface area contributed by atoms with Crippen molar-refractivity contribution in [2.75, 3.05) is 7.11 Å². The highest BCUT2D eigenvalue weighted by atomic mass is 127. The summed E-state index contributed by atoms with van der Waals surface area (Å²) in [6, 6.07) is 4.70. The Kier molecular flexibility index (Phi) is 2.91. The Morgan fingerprint density at radius 2 is 2.25 bits per heavy atom. The van der Waals surface area contributed by atoms with E-state index < -0.39 is 5.97 Å². The first-order chi connectivity index (χ1) is 5.65. The Balaban J connectivity index is 3.12. The molecule has 0 spiro atoms. The number of carbonyl (C=O) groups is 1. The summed E-state index contributed by atoms with van der Waals surface area (Å²) >= 11 is 1.92. The number of benzene rings is 1. The fourth-order valence-electron chi connectivity index (χ4n) is 0.788. The molecule has 0 saturated heterocycles. The van der Waals surface area contributed by atoms with Gasteiger partial charge in [0.25, 0.3) is 0 Å². The minimum Gasteiger partial charge on any atom is -0.545 e. The minimum absolute atomic E-state index is 0.191. The van der Waals surface area contributed by atoms with E-state index >= 15 is 0 Å². The van der Waals surface area contributed by atoms with Gasteiger partial charge in [-0.1, -0.05) is 0 Å². The van der Waals surface area contributed by atoms with Crippen molar-refractivity contribution in [1.29, 1.82) is 0 Å². The zero-order valence-corrected chi connectivity index (χ0v) is 8.49. The Labute approximate surface area is 83.5 Å². The van der Waals surface area contributed by atoms with Gasteiger partial charge in [0, 0.05) is 9.13 Å². The summed E-state index contributed by atoms with van der Waals surface area (Å²) < 4.78 is 5.53. The third-order valence-corrected chi connectivity index (χ3v) is 2.29. The third-order valence-electron chi connectivity index (χ3n) is 1.40. The highest BCUT2D eigenvalue weighted by Gasteiger charge is 2.01. The molecule has 0 bridgehead atoms. The van der Waals surface area contributed by atoms with E-state index in [9.17, 15) is 9.90 Å². The summed E-state index contributed by atoms with van der Waals surface area (Å²) in [4.78, 5) is 10.5. The van der Waals surface area contributed by atoms with Crippen LogP contribution in [0.1, 0.15) is 10.4 Å². The highest BCUT2D eigenvalue weighted by molar-refractivity contribution is 14.1. The van der Waals surface area contributed by atoms with Gasteiger partial charge in [-0.2, -0.15) is 0 Å². The number of halogens is 1. The molecule has 0 aliphatic heterocycles. The molecule has 64 valence electrons. The second-order valence-electron chi connectivity index (χ2n) is 2.13. The maximum Gasteiger partial charge on any atom is 0.119 e. The maximum atomic E-state index is 10.5. The van der Waals surface area contributed by atoms with Crippen LogP contribution in [0.3, 0.4) is 0 Å². The second kappa shape index (κ2) is 3.75. The lowest BCUT2D eigenvalue weighted by Gasteiger charge is -2.06. The average molecular weight is 277 g/mol. The van der Waals surface area contributed by atoms with Gasteiger partial charge in [0.15, 0.2) is 0 Å². The monoisotopic (exact) mass is 277 g/mol. The van der Waals surface area contributed by atoms with Crippen LogP contribution in [0.25, 0.3) is 0 Å². The smallest absolute Gasteiger partial charge is 0.119 e. The van der Waals surface area contributed by atoms with Gasteiger partial charge in [-0.15, -0.1) is 0 Å². The van der Waals surface area contributed by atoms with Crippen LogP contribution in [0.4, 0.5) is 0 Å². The van der Waals surface area contributed by atoms with Crippen LogP contribution in [0.2, 0.25) is 0 Å². The first-order valence-electron chi connectivity index (χ1n) is 3.20. The van der Waals surface area contributed by atoms with Crippen molar-refractivity contribution in [2.45, 2.75) is 0 Å². The number of carbonyl (C=O) groups excluding carboxylic acids is 1. The van der Waals surface area contributed by atoms with Crippen molar-refractivity contribution in [3.63, 3.8) is 0 Å². The molecule has 12 heavy (non-hydrogen) atoms. The van der Waals surface area contributed by atoms with Crippen LogP contribution in [-0.4, -0.2) is 13.1 Å². The average Bonchev–Trinajstić information content (AvgIpc) is 2.03. The highest BCUT2D eigenvalue weighted by Crippen LogP contribution is 2.18. The third kappa shape index (κ3) is 1.88. The molecule has 0 aromatic heterocycles. The topological polar surface area (TPSA) is 49.4 Å². The van der Waals surface area contributed by atoms with E-state index in [-0.39, 0.29) is 5.56 Å². The predicted molar refractivity (Wildman–Crippen MR) is 50.0 cm³/mol. The molecule has 0 fully saturated rings. The van der Waals surface area contributed by atoms with Gasteiger partial charge in [-0.3, -0.25) is 0 Å². The Morgan fingerprint density at radius 1 is 1.58 bits per heavy atom. The summed E-state index contributed by atoms with van der Waals surface area (Å²) in [5.41, 5.74) is 0.191. The van der Waals surface area contributed by atoms with E-state index in [1.165, 1.54) is 13.2 Å². The molecule has 1 aromatic carbocycles. The molecule has 0 aliphatic rings. The van der Waals surface area contributed by atoms with Gasteiger partial charge in [0.05, 0.1) is 13.1 Å². The molecule has 0 atom stereocenters. The van der Waals surface area contributed by atoms with Gasteiger partial charge in [-0.05, 0) is 40.8 Å². The fourth-order valence-corrected chi connectivity index (χ4v) is 1.50. The molecule has 0 heterocycles. The largest absolute Gasteiger partial charge is 0.545 e. The van der Waals surface area contributed by atoms with Crippen LogP contribution in [0.15, 0.2) is 18.2 Å². The number of carboxylic acid groups (broad SMARTS) is 1. The van der Waals surface area contributed by atoms with Gasteiger partial charge in [0.1, 0.15) is 5.75 Å². The summed E-state index contributed by atoms with van der Waals surface area (Å²) in [6.07, 6.45) is 0. The molecule has 0 amide bonds. The molecule has 4 heteroatoms. The van der Waals surface area contributed by atoms with E-state index in [4.69, 9.17) is 4.74 Å². The van der Waals surface area contributed by atoms with E-state index in [2.05, 4.69) is 0 Å². The zero-order valence-electron chi connectivity index (χ0n) is 6.33. The van der Waals surface area contributed by atoms with Crippen molar-refractivity contribution in [1.82, 2.24) is 0 Å². The number of aromatic carboxylic acids is 1. The molecule has 0 aliphatic carbocycles. The number of carboxylic acids is 1. The van der Waals surface area contributed by atoms with E-state index in [1.54, 1.807) is 12.1 Å². The van der Waals surface area contributed by atoms with Crippen molar-refractivity contribution in [3.05, 3.63) is 27.3 Å². The Morgan fingerprint density at radius 3 is 2.67 bits per heavy atom. The molecule has 0 radical (unpaired) electrons. The predicted octanol–water partition coefficient (Wildman–Crippen LogP) is 0.663. The summed E-state index contributed by atoms with van der Waals surface area (Å²) in [5, 5.41) is 10.5. The van der Waals surface area contributed by atoms with Gasteiger partial charge in [-0.25, -0.2) is 0 Å². The molecule has 1 rings (SSSR count). The van der Waals surface area contributed by atoms with Crippen LogP contribution in [0, 0.1) is 3.57 Å². The van der Waals surface area contributed by atoms with Gasteiger partial charge in [0.2, 0.25) is 0 Å². The lowest BCUT2D eigenvalue weighted by atomic mass is 10.2. The number of ether oxygens (including phenoxy) is 1. The number of methoxy groups -OCH3 is 1. The Bertz CT molecular complexity index is 309. The fraction of sp³-hybridized carbons (Fsp3) is 0.125. The standard InChI is InChI=1S/C8H7IO3/c1-12-5-2-3-6(8(10)11)7(9)4-5/h2-4H,1H3,(H,10,11)/p-1. The van der Waals surface area contributed by atoms with Crippen molar-refractivity contribution in [3.8, 4) is 5.75 Å². The van der Waals surface area contributed by atoms with Crippen LogP contribution >= 0.6 is 22.6 Å². The van der Waals surface area contributed by atoms with Crippen molar-refractivity contribution < 1.29 is 14.6 Å². The molecule has 0 saturated carbocycles. The zero-order chi connectivity index (χ0) is 9.14. The quantitative estimate of drug-likeness (QED) is 0.746. The summed E-state index contributed by atoms with van der Waals surface area (Å²) in [7, 11) is 1.53. The number of hydrogen-bond acceptors (Lipinski definition) is 3. The summed E-state index contributed by atoms with van der Waals surface area (Å²) in [5.74, 6) is -0.522. The lowest BCUT2D eigenvalue weighted by molar-refractivity contribution is -0.255. The van der Waals surface area contributed by atoms with E-state index in [0.717, 1.165) is 0 Å². The van der Waals surface area contributed by atoms with E-state index in [1.807, 2.05) is 22.6 Å². The molecular formula is C8H6IO3-. The first kappa shape index (κ1) is 9.31. The SMILES string of the molecule is COc1ccc(C(=O)[O-])c(I)c1. The van der Waals surface area contributed by atoms with Gasteiger partial charge >= 0.3 is 0 Å². The van der Waals surface area contributed by atoms with E-state index in [0.29, 0.717) is 9.32 Å². The number of rotatable bonds is 2. The van der Waals surface area contributed by atoms with Crippen LogP contribution in [-0.2, 0) is 0 Å². The first-order valence-corrected chi connectivity index (χ1v) is 4.28. The molecule has 3 nitrogen and oxygen atoms in total. The molecule has 1 aromatic rings. The number of hydrogen-bond donors (Lipinski definition) is 0. The molecular weight excluding hydrogens is 271 g/mol. The van der Waals surface area contributed by atoms with Crippen LogP contribution < -0.4 is 9.84 Å². The minimum atomic E-state index is -1.16. The second-order valence-corrected chi connectivity index (χ2v) is 3.30. The Hall–Kier alpha value is -0.780. The van der Waals surface area contributed by atoms with Crippen LogP contribution in [0.5, 0.6) is 5.75 Å². The van der Waals surface area contributed by atoms with Crippen molar-refractivity contribution in [2.24, 2.45) is 0 Å². The summed E-state index contributed by atoms with van der Waals surface area (Å²) in [6.45, 7) is 0. The molecule has 0 unspecified atom stereocenters. The molecule has 0 N–H and O–H groups in total. The normalized spacial score (nSPS) is 9.50. The van der Waals surface area contributed by atoms with Gasteiger partial charge < -0.3 is 14.6 Å². The lowest BCUT2D eigenvalue weighted by Crippen LogP contribution is -2.23. The van der Waals surface area contributed by atoms with Crippen molar-refractivity contribution >= 4 is 28.6 Å². The maximum absolute atomic E-state index is 10.5.